The van der Waals surface area contributed by atoms with Gasteiger partial charge in [0.25, 0.3) is 0 Å². The highest BCUT2D eigenvalue weighted by atomic mass is 16.5. The second kappa shape index (κ2) is 5.04. The molecular formula is C15H13N3O. The molecule has 94 valence electrons. The molecule has 2 aromatic carbocycles. The predicted octanol–water partition coefficient (Wildman–Crippen LogP) is 2.88. The monoisotopic (exact) mass is 251 g/mol. The van der Waals surface area contributed by atoms with E-state index in [0.29, 0.717) is 12.4 Å². The molecule has 0 bridgehead atoms. The van der Waals surface area contributed by atoms with Gasteiger partial charge < -0.3 is 10.5 Å². The van der Waals surface area contributed by atoms with Crippen LogP contribution in [0.15, 0.2) is 54.9 Å². The lowest BCUT2D eigenvalue weighted by Crippen LogP contribution is -1.96. The van der Waals surface area contributed by atoms with Crippen molar-refractivity contribution in [1.82, 2.24) is 9.97 Å². The Morgan fingerprint density at radius 3 is 2.53 bits per heavy atom. The van der Waals surface area contributed by atoms with Crippen molar-refractivity contribution in [2.45, 2.75) is 6.54 Å². The van der Waals surface area contributed by atoms with Crippen molar-refractivity contribution >= 4 is 10.9 Å². The van der Waals surface area contributed by atoms with E-state index < -0.39 is 0 Å². The van der Waals surface area contributed by atoms with E-state index in [0.717, 1.165) is 22.2 Å². The molecule has 1 heterocycles. The van der Waals surface area contributed by atoms with E-state index >= 15 is 0 Å². The number of ether oxygens (including phenoxy) is 1. The molecule has 3 rings (SSSR count). The average Bonchev–Trinajstić information content (AvgIpc) is 2.48. The second-order valence-electron chi connectivity index (χ2n) is 4.15. The summed E-state index contributed by atoms with van der Waals surface area (Å²) >= 11 is 0. The number of nitrogens with two attached hydrogens (primary N) is 1. The molecule has 4 heteroatoms. The molecule has 0 aliphatic carbocycles. The van der Waals surface area contributed by atoms with Gasteiger partial charge in [-0.1, -0.05) is 24.3 Å². The first-order valence-electron chi connectivity index (χ1n) is 6.03. The maximum absolute atomic E-state index is 5.80. The second-order valence-corrected chi connectivity index (χ2v) is 4.15. The van der Waals surface area contributed by atoms with Crippen molar-refractivity contribution in [3.05, 3.63) is 60.4 Å². The van der Waals surface area contributed by atoms with Crippen LogP contribution in [0.1, 0.15) is 5.56 Å². The highest BCUT2D eigenvalue weighted by Crippen LogP contribution is 2.26. The van der Waals surface area contributed by atoms with Crippen LogP contribution in [-0.2, 0) is 6.54 Å². The lowest BCUT2D eigenvalue weighted by molar-refractivity contribution is 0.468. The number of hydrogen-bond donors (Lipinski definition) is 1. The molecule has 0 spiro atoms. The summed E-state index contributed by atoms with van der Waals surface area (Å²) in [6, 6.07) is 15.4. The minimum Gasteiger partial charge on any atom is -0.438 e. The summed E-state index contributed by atoms with van der Waals surface area (Å²) < 4.78 is 5.80. The van der Waals surface area contributed by atoms with E-state index in [4.69, 9.17) is 10.5 Å². The summed E-state index contributed by atoms with van der Waals surface area (Å²) in [7, 11) is 0. The van der Waals surface area contributed by atoms with Crippen molar-refractivity contribution in [3.8, 4) is 11.6 Å². The molecule has 0 atom stereocenters. The number of para-hydroxylation sites is 1. The molecule has 1 aromatic heterocycles. The third kappa shape index (κ3) is 2.39. The Hall–Kier alpha value is -2.46. The van der Waals surface area contributed by atoms with Crippen LogP contribution in [0, 0.1) is 0 Å². The van der Waals surface area contributed by atoms with Gasteiger partial charge in [-0.25, -0.2) is 9.97 Å². The third-order valence-corrected chi connectivity index (χ3v) is 2.88. The average molecular weight is 251 g/mol. The largest absolute Gasteiger partial charge is 0.438 e. The van der Waals surface area contributed by atoms with Crippen molar-refractivity contribution in [3.63, 3.8) is 0 Å². The van der Waals surface area contributed by atoms with Crippen LogP contribution in [0.2, 0.25) is 0 Å². The molecule has 2 N–H and O–H groups in total. The quantitative estimate of drug-likeness (QED) is 0.777. The first-order valence-corrected chi connectivity index (χ1v) is 6.03. The van der Waals surface area contributed by atoms with Crippen LogP contribution in [0.25, 0.3) is 10.9 Å². The van der Waals surface area contributed by atoms with Gasteiger partial charge in [0.05, 0.1) is 10.9 Å². The fourth-order valence-electron chi connectivity index (χ4n) is 1.87. The molecule has 0 radical (unpaired) electrons. The number of nitrogens with zero attached hydrogens (tertiary/aromatic N) is 2. The Labute approximate surface area is 110 Å². The van der Waals surface area contributed by atoms with Crippen LogP contribution in [0.3, 0.4) is 0 Å². The molecule has 0 saturated carbocycles. The predicted molar refractivity (Wildman–Crippen MR) is 73.9 cm³/mol. The van der Waals surface area contributed by atoms with E-state index in [2.05, 4.69) is 9.97 Å². The van der Waals surface area contributed by atoms with Crippen LogP contribution < -0.4 is 10.5 Å². The zero-order valence-electron chi connectivity index (χ0n) is 10.3. The van der Waals surface area contributed by atoms with Gasteiger partial charge in [0.1, 0.15) is 12.1 Å². The van der Waals surface area contributed by atoms with Crippen LogP contribution in [-0.4, -0.2) is 9.97 Å². The van der Waals surface area contributed by atoms with Crippen molar-refractivity contribution in [1.29, 1.82) is 0 Å². The summed E-state index contributed by atoms with van der Waals surface area (Å²) in [4.78, 5) is 8.39. The number of fused-ring (bicyclic) bond motifs is 1. The molecule has 0 aliphatic rings. The van der Waals surface area contributed by atoms with E-state index in [-0.39, 0.29) is 0 Å². The van der Waals surface area contributed by atoms with Gasteiger partial charge in [0.15, 0.2) is 0 Å². The summed E-state index contributed by atoms with van der Waals surface area (Å²) in [5.74, 6) is 1.30. The topological polar surface area (TPSA) is 61.0 Å². The third-order valence-electron chi connectivity index (χ3n) is 2.88. The van der Waals surface area contributed by atoms with E-state index in [9.17, 15) is 0 Å². The van der Waals surface area contributed by atoms with Gasteiger partial charge in [-0.3, -0.25) is 0 Å². The number of hydrogen-bond acceptors (Lipinski definition) is 4. The summed E-state index contributed by atoms with van der Waals surface area (Å²) in [6.45, 7) is 0.525. The minimum atomic E-state index is 0.525. The zero-order chi connectivity index (χ0) is 13.1. The molecule has 3 aromatic rings. The lowest BCUT2D eigenvalue weighted by Gasteiger charge is -2.07. The Kier molecular flexibility index (Phi) is 3.08. The lowest BCUT2D eigenvalue weighted by atomic mass is 10.2. The normalized spacial score (nSPS) is 10.6. The summed E-state index contributed by atoms with van der Waals surface area (Å²) in [5.41, 5.74) is 7.50. The molecule has 0 amide bonds. The Balaban J connectivity index is 1.96. The highest BCUT2D eigenvalue weighted by Gasteiger charge is 2.05. The summed E-state index contributed by atoms with van der Waals surface area (Å²) in [6.07, 6.45) is 1.51. The van der Waals surface area contributed by atoms with Crippen LogP contribution >= 0.6 is 0 Å². The van der Waals surface area contributed by atoms with Gasteiger partial charge in [0, 0.05) is 6.54 Å². The van der Waals surface area contributed by atoms with E-state index in [1.54, 1.807) is 0 Å². The maximum atomic E-state index is 5.80. The summed E-state index contributed by atoms with van der Waals surface area (Å²) in [5, 5.41) is 0.896. The van der Waals surface area contributed by atoms with Crippen LogP contribution in [0.5, 0.6) is 11.6 Å². The molecule has 0 unspecified atom stereocenters. The Morgan fingerprint density at radius 1 is 0.947 bits per heavy atom. The highest BCUT2D eigenvalue weighted by molar-refractivity contribution is 5.83. The minimum absolute atomic E-state index is 0.525. The fourth-order valence-corrected chi connectivity index (χ4v) is 1.87. The maximum Gasteiger partial charge on any atom is 0.230 e. The van der Waals surface area contributed by atoms with E-state index in [1.165, 1.54) is 6.33 Å². The molecule has 0 aliphatic heterocycles. The van der Waals surface area contributed by atoms with Gasteiger partial charge in [-0.05, 0) is 29.8 Å². The van der Waals surface area contributed by atoms with Gasteiger partial charge >= 0.3 is 0 Å². The smallest absolute Gasteiger partial charge is 0.230 e. The van der Waals surface area contributed by atoms with Gasteiger partial charge in [-0.15, -0.1) is 0 Å². The fraction of sp³-hybridized carbons (Fsp3) is 0.0667. The van der Waals surface area contributed by atoms with Crippen molar-refractivity contribution in [2.24, 2.45) is 5.73 Å². The zero-order valence-corrected chi connectivity index (χ0v) is 10.3. The number of rotatable bonds is 3. The first kappa shape index (κ1) is 11.6. The Morgan fingerprint density at radius 2 is 1.74 bits per heavy atom. The van der Waals surface area contributed by atoms with E-state index in [1.807, 2.05) is 48.5 Å². The SMILES string of the molecule is NCc1ccc(Oc2ncnc3ccccc23)cc1. The number of benzene rings is 2. The molecule has 0 saturated heterocycles. The van der Waals surface area contributed by atoms with Crippen molar-refractivity contribution < 1.29 is 4.74 Å². The standard InChI is InChI=1S/C15H13N3O/c16-9-11-5-7-12(8-6-11)19-15-13-3-1-2-4-14(13)17-10-18-15/h1-8,10H,9,16H2. The first-order chi connectivity index (χ1) is 9.36. The molecule has 19 heavy (non-hydrogen) atoms. The molecule has 0 fully saturated rings. The van der Waals surface area contributed by atoms with Crippen molar-refractivity contribution in [2.75, 3.05) is 0 Å². The molecule has 4 nitrogen and oxygen atoms in total. The van der Waals surface area contributed by atoms with Crippen LogP contribution in [0.4, 0.5) is 0 Å². The molecular weight excluding hydrogens is 238 g/mol. The Bertz CT molecular complexity index is 690. The van der Waals surface area contributed by atoms with Gasteiger partial charge in [-0.2, -0.15) is 0 Å². The van der Waals surface area contributed by atoms with Gasteiger partial charge in [0.2, 0.25) is 5.88 Å². The number of aromatic nitrogens is 2.